The standard InChI is InChI=1S/C11H13BrFNO2/c1-11(2,16-10(14)15)6-7-3-4-8(12)5-9(7)13/h3-5H,6H2,1-2H3,(H2,14,15). The van der Waals surface area contributed by atoms with E-state index < -0.39 is 11.7 Å². The molecule has 16 heavy (non-hydrogen) atoms. The Labute approximate surface area is 102 Å². The average molecular weight is 290 g/mol. The summed E-state index contributed by atoms with van der Waals surface area (Å²) in [7, 11) is 0. The lowest BCUT2D eigenvalue weighted by molar-refractivity contribution is 0.0454. The number of halogens is 2. The summed E-state index contributed by atoms with van der Waals surface area (Å²) in [5.74, 6) is -0.337. The zero-order chi connectivity index (χ0) is 12.3. The molecule has 0 saturated carbocycles. The molecule has 0 bridgehead atoms. The van der Waals surface area contributed by atoms with Gasteiger partial charge in [-0.2, -0.15) is 0 Å². The minimum atomic E-state index is -0.859. The molecular weight excluding hydrogens is 277 g/mol. The number of primary amides is 1. The Hall–Kier alpha value is -1.10. The summed E-state index contributed by atoms with van der Waals surface area (Å²) in [6, 6.07) is 4.75. The largest absolute Gasteiger partial charge is 0.443 e. The minimum Gasteiger partial charge on any atom is -0.443 e. The van der Waals surface area contributed by atoms with Gasteiger partial charge in [0.05, 0.1) is 0 Å². The SMILES string of the molecule is CC(C)(Cc1ccc(Br)cc1F)OC(N)=O. The number of benzene rings is 1. The maximum Gasteiger partial charge on any atom is 0.405 e. The van der Waals surface area contributed by atoms with Gasteiger partial charge < -0.3 is 10.5 Å². The molecule has 0 saturated heterocycles. The molecule has 0 radical (unpaired) electrons. The van der Waals surface area contributed by atoms with E-state index in [1.165, 1.54) is 6.07 Å². The summed E-state index contributed by atoms with van der Waals surface area (Å²) in [5.41, 5.74) is 4.59. The van der Waals surface area contributed by atoms with Crippen LogP contribution < -0.4 is 5.73 Å². The van der Waals surface area contributed by atoms with Crippen molar-refractivity contribution in [3.05, 3.63) is 34.1 Å². The Balaban J connectivity index is 2.83. The van der Waals surface area contributed by atoms with Crippen molar-refractivity contribution in [3.63, 3.8) is 0 Å². The molecule has 0 aliphatic rings. The van der Waals surface area contributed by atoms with Gasteiger partial charge in [0.15, 0.2) is 0 Å². The van der Waals surface area contributed by atoms with Crippen LogP contribution in [0.5, 0.6) is 0 Å². The highest BCUT2D eigenvalue weighted by Gasteiger charge is 2.23. The van der Waals surface area contributed by atoms with E-state index in [-0.39, 0.29) is 12.2 Å². The molecule has 0 aliphatic carbocycles. The Morgan fingerprint density at radius 2 is 2.19 bits per heavy atom. The molecule has 1 aromatic rings. The van der Waals surface area contributed by atoms with Gasteiger partial charge in [-0.3, -0.25) is 0 Å². The molecule has 0 spiro atoms. The zero-order valence-electron chi connectivity index (χ0n) is 9.09. The Morgan fingerprint density at radius 3 is 2.69 bits per heavy atom. The number of nitrogens with two attached hydrogens (primary N) is 1. The highest BCUT2D eigenvalue weighted by atomic mass is 79.9. The van der Waals surface area contributed by atoms with Gasteiger partial charge in [0.25, 0.3) is 0 Å². The molecule has 0 aromatic heterocycles. The van der Waals surface area contributed by atoms with E-state index in [4.69, 9.17) is 10.5 Å². The third-order valence-corrected chi connectivity index (χ3v) is 2.50. The number of amides is 1. The molecule has 0 fully saturated rings. The molecule has 2 N–H and O–H groups in total. The molecule has 5 heteroatoms. The third kappa shape index (κ3) is 3.81. The van der Waals surface area contributed by atoms with Crippen LogP contribution in [0, 0.1) is 5.82 Å². The number of hydrogen-bond acceptors (Lipinski definition) is 2. The lowest BCUT2D eigenvalue weighted by Gasteiger charge is -2.24. The minimum absolute atomic E-state index is 0.273. The molecule has 88 valence electrons. The van der Waals surface area contributed by atoms with E-state index in [1.54, 1.807) is 26.0 Å². The van der Waals surface area contributed by atoms with Crippen LogP contribution in [-0.2, 0) is 11.2 Å². The van der Waals surface area contributed by atoms with Gasteiger partial charge in [-0.15, -0.1) is 0 Å². The van der Waals surface area contributed by atoms with Crippen LogP contribution in [-0.4, -0.2) is 11.7 Å². The number of carbonyl (C=O) groups is 1. The van der Waals surface area contributed by atoms with Crippen LogP contribution in [0.2, 0.25) is 0 Å². The molecule has 0 aliphatic heterocycles. The van der Waals surface area contributed by atoms with Crippen molar-refractivity contribution < 1.29 is 13.9 Å². The molecular formula is C11H13BrFNO2. The summed E-state index contributed by atoms with van der Waals surface area (Å²) in [6.07, 6.45) is -0.586. The Kier molecular flexibility index (Phi) is 3.91. The number of ether oxygens (including phenoxy) is 1. The van der Waals surface area contributed by atoms with Gasteiger partial charge >= 0.3 is 6.09 Å². The first-order valence-electron chi connectivity index (χ1n) is 4.72. The van der Waals surface area contributed by atoms with Crippen molar-refractivity contribution in [2.45, 2.75) is 25.9 Å². The lowest BCUT2D eigenvalue weighted by atomic mass is 9.98. The molecule has 1 rings (SSSR count). The van der Waals surface area contributed by atoms with Crippen molar-refractivity contribution in [1.82, 2.24) is 0 Å². The lowest BCUT2D eigenvalue weighted by Crippen LogP contribution is -2.33. The normalized spacial score (nSPS) is 11.2. The quantitative estimate of drug-likeness (QED) is 0.930. The van der Waals surface area contributed by atoms with Gasteiger partial charge in [0.1, 0.15) is 11.4 Å². The van der Waals surface area contributed by atoms with Gasteiger partial charge in [0, 0.05) is 10.9 Å². The fourth-order valence-electron chi connectivity index (χ4n) is 1.43. The van der Waals surface area contributed by atoms with E-state index in [0.717, 1.165) is 0 Å². The van der Waals surface area contributed by atoms with Crippen LogP contribution in [0.25, 0.3) is 0 Å². The second kappa shape index (κ2) is 4.82. The summed E-state index contributed by atoms with van der Waals surface area (Å²) >= 11 is 3.17. The van der Waals surface area contributed by atoms with E-state index in [1.807, 2.05) is 0 Å². The molecule has 1 aromatic carbocycles. The predicted molar refractivity (Wildman–Crippen MR) is 62.6 cm³/mol. The Bertz CT molecular complexity index is 407. The summed E-state index contributed by atoms with van der Waals surface area (Å²) in [6.45, 7) is 3.36. The maximum atomic E-state index is 13.5. The van der Waals surface area contributed by atoms with Crippen molar-refractivity contribution >= 4 is 22.0 Å². The predicted octanol–water partition coefficient (Wildman–Crippen LogP) is 3.00. The second-order valence-corrected chi connectivity index (χ2v) is 5.01. The summed E-state index contributed by atoms with van der Waals surface area (Å²) in [5, 5.41) is 0. The first kappa shape index (κ1) is 13.0. The fourth-order valence-corrected chi connectivity index (χ4v) is 1.77. The van der Waals surface area contributed by atoms with E-state index in [9.17, 15) is 9.18 Å². The molecule has 0 heterocycles. The number of carbonyl (C=O) groups excluding carboxylic acids is 1. The van der Waals surface area contributed by atoms with Gasteiger partial charge in [-0.25, -0.2) is 9.18 Å². The monoisotopic (exact) mass is 289 g/mol. The van der Waals surface area contributed by atoms with Crippen LogP contribution >= 0.6 is 15.9 Å². The number of hydrogen-bond donors (Lipinski definition) is 1. The van der Waals surface area contributed by atoms with Crippen LogP contribution in [0.3, 0.4) is 0 Å². The van der Waals surface area contributed by atoms with Crippen molar-refractivity contribution in [2.24, 2.45) is 5.73 Å². The van der Waals surface area contributed by atoms with Crippen LogP contribution in [0.15, 0.2) is 22.7 Å². The maximum absolute atomic E-state index is 13.5. The smallest absolute Gasteiger partial charge is 0.405 e. The fraction of sp³-hybridized carbons (Fsp3) is 0.364. The van der Waals surface area contributed by atoms with E-state index in [0.29, 0.717) is 10.0 Å². The average Bonchev–Trinajstić information content (AvgIpc) is 2.07. The van der Waals surface area contributed by atoms with Crippen molar-refractivity contribution in [1.29, 1.82) is 0 Å². The van der Waals surface area contributed by atoms with Crippen molar-refractivity contribution in [2.75, 3.05) is 0 Å². The van der Waals surface area contributed by atoms with Gasteiger partial charge in [-0.05, 0) is 31.5 Å². The van der Waals surface area contributed by atoms with E-state index >= 15 is 0 Å². The van der Waals surface area contributed by atoms with Gasteiger partial charge in [0.2, 0.25) is 0 Å². The first-order chi connectivity index (χ1) is 7.30. The summed E-state index contributed by atoms with van der Waals surface area (Å²) < 4.78 is 19.1. The topological polar surface area (TPSA) is 52.3 Å². The molecule has 1 amide bonds. The molecule has 0 unspecified atom stereocenters. The first-order valence-corrected chi connectivity index (χ1v) is 5.52. The highest BCUT2D eigenvalue weighted by Crippen LogP contribution is 2.21. The van der Waals surface area contributed by atoms with Gasteiger partial charge in [-0.1, -0.05) is 22.0 Å². The molecule has 3 nitrogen and oxygen atoms in total. The second-order valence-electron chi connectivity index (χ2n) is 4.09. The van der Waals surface area contributed by atoms with Crippen LogP contribution in [0.4, 0.5) is 9.18 Å². The Morgan fingerprint density at radius 1 is 1.56 bits per heavy atom. The number of rotatable bonds is 3. The molecule has 0 atom stereocenters. The zero-order valence-corrected chi connectivity index (χ0v) is 10.7. The highest BCUT2D eigenvalue weighted by molar-refractivity contribution is 9.10. The summed E-state index contributed by atoms with van der Waals surface area (Å²) in [4.78, 5) is 10.6. The van der Waals surface area contributed by atoms with Crippen molar-refractivity contribution in [3.8, 4) is 0 Å². The third-order valence-electron chi connectivity index (χ3n) is 2.01. The van der Waals surface area contributed by atoms with Crippen LogP contribution in [0.1, 0.15) is 19.4 Å². The van der Waals surface area contributed by atoms with E-state index in [2.05, 4.69) is 15.9 Å².